The number of rotatable bonds is 5. The standard InChI is InChI=1S/C12H11BrN2O4/c1-2-10-14-11(19-15-10)6-18-9-5-7(12(16)17)3-4-8(9)13/h3-5H,2,6H2,1H3,(H,16,17). The highest BCUT2D eigenvalue weighted by Gasteiger charge is 2.10. The smallest absolute Gasteiger partial charge is 0.335 e. The molecule has 0 saturated heterocycles. The van der Waals surface area contributed by atoms with E-state index in [1.54, 1.807) is 6.07 Å². The fraction of sp³-hybridized carbons (Fsp3) is 0.250. The lowest BCUT2D eigenvalue weighted by atomic mass is 10.2. The molecular weight excluding hydrogens is 316 g/mol. The second kappa shape index (κ2) is 5.83. The number of hydrogen-bond donors (Lipinski definition) is 1. The number of carboxylic acids is 1. The van der Waals surface area contributed by atoms with E-state index in [4.69, 9.17) is 14.4 Å². The van der Waals surface area contributed by atoms with E-state index in [1.165, 1.54) is 12.1 Å². The van der Waals surface area contributed by atoms with Gasteiger partial charge in [0, 0.05) is 6.42 Å². The van der Waals surface area contributed by atoms with Gasteiger partial charge in [-0.15, -0.1) is 0 Å². The van der Waals surface area contributed by atoms with Crippen LogP contribution in [-0.4, -0.2) is 21.2 Å². The summed E-state index contributed by atoms with van der Waals surface area (Å²) in [7, 11) is 0. The van der Waals surface area contributed by atoms with Crippen molar-refractivity contribution in [3.05, 3.63) is 40.0 Å². The third-order valence-electron chi connectivity index (χ3n) is 2.36. The van der Waals surface area contributed by atoms with Gasteiger partial charge in [-0.3, -0.25) is 0 Å². The Bertz CT molecular complexity index is 597. The third kappa shape index (κ3) is 3.31. The first-order chi connectivity index (χ1) is 9.10. The largest absolute Gasteiger partial charge is 0.483 e. The molecule has 0 aliphatic carbocycles. The molecule has 1 N–H and O–H groups in total. The van der Waals surface area contributed by atoms with Gasteiger partial charge in [-0.2, -0.15) is 4.98 Å². The van der Waals surface area contributed by atoms with Gasteiger partial charge in [-0.25, -0.2) is 4.79 Å². The Morgan fingerprint density at radius 3 is 2.95 bits per heavy atom. The van der Waals surface area contributed by atoms with Crippen LogP contribution in [0.25, 0.3) is 0 Å². The van der Waals surface area contributed by atoms with Crippen LogP contribution in [0.4, 0.5) is 0 Å². The highest BCUT2D eigenvalue weighted by Crippen LogP contribution is 2.26. The lowest BCUT2D eigenvalue weighted by molar-refractivity contribution is 0.0696. The predicted octanol–water partition coefficient (Wildman–Crippen LogP) is 2.67. The van der Waals surface area contributed by atoms with Crippen LogP contribution in [-0.2, 0) is 13.0 Å². The summed E-state index contributed by atoms with van der Waals surface area (Å²) >= 11 is 3.29. The fourth-order valence-electron chi connectivity index (χ4n) is 1.38. The summed E-state index contributed by atoms with van der Waals surface area (Å²) in [6, 6.07) is 4.54. The van der Waals surface area contributed by atoms with Crippen molar-refractivity contribution in [2.75, 3.05) is 0 Å². The van der Waals surface area contributed by atoms with Crippen LogP contribution in [0.3, 0.4) is 0 Å². The quantitative estimate of drug-likeness (QED) is 0.909. The van der Waals surface area contributed by atoms with E-state index in [-0.39, 0.29) is 12.2 Å². The van der Waals surface area contributed by atoms with Gasteiger partial charge >= 0.3 is 5.97 Å². The second-order valence-electron chi connectivity index (χ2n) is 3.70. The van der Waals surface area contributed by atoms with Crippen molar-refractivity contribution < 1.29 is 19.2 Å². The molecule has 0 spiro atoms. The summed E-state index contributed by atoms with van der Waals surface area (Å²) < 4.78 is 11.1. The molecule has 0 aliphatic heterocycles. The summed E-state index contributed by atoms with van der Waals surface area (Å²) in [6.07, 6.45) is 0.682. The normalized spacial score (nSPS) is 10.4. The fourth-order valence-corrected chi connectivity index (χ4v) is 1.74. The number of halogens is 1. The molecule has 1 aromatic heterocycles. The molecule has 0 saturated carbocycles. The first-order valence-corrected chi connectivity index (χ1v) is 6.36. The number of aromatic nitrogens is 2. The zero-order valence-corrected chi connectivity index (χ0v) is 11.7. The van der Waals surface area contributed by atoms with Gasteiger partial charge in [0.1, 0.15) is 5.75 Å². The molecule has 100 valence electrons. The Labute approximate surface area is 117 Å². The van der Waals surface area contributed by atoms with Crippen molar-refractivity contribution in [3.63, 3.8) is 0 Å². The summed E-state index contributed by atoms with van der Waals surface area (Å²) in [6.45, 7) is 2.01. The van der Waals surface area contributed by atoms with E-state index in [1.807, 2.05) is 6.92 Å². The van der Waals surface area contributed by atoms with E-state index in [9.17, 15) is 4.79 Å². The first kappa shape index (κ1) is 13.5. The molecule has 7 heteroatoms. The van der Waals surface area contributed by atoms with Crippen molar-refractivity contribution in [3.8, 4) is 5.75 Å². The molecule has 0 unspecified atom stereocenters. The molecule has 0 atom stereocenters. The summed E-state index contributed by atoms with van der Waals surface area (Å²) in [5, 5.41) is 12.7. The van der Waals surface area contributed by atoms with Crippen LogP contribution in [0.1, 0.15) is 29.0 Å². The number of aryl methyl sites for hydroxylation is 1. The number of hydrogen-bond acceptors (Lipinski definition) is 5. The van der Waals surface area contributed by atoms with E-state index in [2.05, 4.69) is 26.1 Å². The predicted molar refractivity (Wildman–Crippen MR) is 69.1 cm³/mol. The van der Waals surface area contributed by atoms with Gasteiger partial charge < -0.3 is 14.4 Å². The summed E-state index contributed by atoms with van der Waals surface area (Å²) in [4.78, 5) is 15.0. The molecule has 0 bridgehead atoms. The minimum Gasteiger partial charge on any atom is -0.483 e. The maximum Gasteiger partial charge on any atom is 0.335 e. The van der Waals surface area contributed by atoms with E-state index >= 15 is 0 Å². The molecule has 6 nitrogen and oxygen atoms in total. The van der Waals surface area contributed by atoms with Crippen molar-refractivity contribution in [1.82, 2.24) is 10.1 Å². The number of ether oxygens (including phenoxy) is 1. The Morgan fingerprint density at radius 2 is 2.32 bits per heavy atom. The van der Waals surface area contributed by atoms with Crippen molar-refractivity contribution >= 4 is 21.9 Å². The molecule has 1 aromatic carbocycles. The van der Waals surface area contributed by atoms with Crippen LogP contribution in [0.5, 0.6) is 5.75 Å². The summed E-state index contributed by atoms with van der Waals surface area (Å²) in [5.41, 5.74) is 0.151. The number of benzene rings is 1. The Hall–Kier alpha value is -1.89. The zero-order valence-electron chi connectivity index (χ0n) is 10.1. The number of carbonyl (C=O) groups is 1. The third-order valence-corrected chi connectivity index (χ3v) is 3.01. The van der Waals surface area contributed by atoms with Gasteiger partial charge in [0.05, 0.1) is 10.0 Å². The van der Waals surface area contributed by atoms with Crippen molar-refractivity contribution in [2.24, 2.45) is 0 Å². The number of nitrogens with zero attached hydrogens (tertiary/aromatic N) is 2. The highest BCUT2D eigenvalue weighted by molar-refractivity contribution is 9.10. The molecule has 0 aliphatic rings. The van der Waals surface area contributed by atoms with Gasteiger partial charge in [0.2, 0.25) is 0 Å². The zero-order chi connectivity index (χ0) is 13.8. The van der Waals surface area contributed by atoms with Crippen LogP contribution in [0.2, 0.25) is 0 Å². The Balaban J connectivity index is 2.10. The maximum absolute atomic E-state index is 10.9. The molecule has 2 aromatic rings. The van der Waals surface area contributed by atoms with Gasteiger partial charge in [0.15, 0.2) is 12.4 Å². The van der Waals surface area contributed by atoms with Gasteiger partial charge in [-0.05, 0) is 34.1 Å². The lowest BCUT2D eigenvalue weighted by Crippen LogP contribution is -2.00. The van der Waals surface area contributed by atoms with Gasteiger partial charge in [0.25, 0.3) is 5.89 Å². The average Bonchev–Trinajstić information content (AvgIpc) is 2.85. The maximum atomic E-state index is 10.9. The van der Waals surface area contributed by atoms with Crippen molar-refractivity contribution in [1.29, 1.82) is 0 Å². The van der Waals surface area contributed by atoms with Crippen LogP contribution in [0.15, 0.2) is 27.2 Å². The molecule has 0 radical (unpaired) electrons. The van der Waals surface area contributed by atoms with E-state index in [0.717, 1.165) is 0 Å². The Morgan fingerprint density at radius 1 is 1.53 bits per heavy atom. The molecule has 1 heterocycles. The van der Waals surface area contributed by atoms with E-state index in [0.29, 0.717) is 28.4 Å². The number of carboxylic acid groups (broad SMARTS) is 1. The first-order valence-electron chi connectivity index (χ1n) is 5.57. The minimum absolute atomic E-state index is 0.0919. The summed E-state index contributed by atoms with van der Waals surface area (Å²) in [5.74, 6) is 0.362. The second-order valence-corrected chi connectivity index (χ2v) is 4.55. The van der Waals surface area contributed by atoms with Crippen LogP contribution >= 0.6 is 15.9 Å². The van der Waals surface area contributed by atoms with Gasteiger partial charge in [-0.1, -0.05) is 12.1 Å². The SMILES string of the molecule is CCc1noc(COc2cc(C(=O)O)ccc2Br)n1. The van der Waals surface area contributed by atoms with Crippen LogP contribution < -0.4 is 4.74 Å². The Kier molecular flexibility index (Phi) is 4.16. The monoisotopic (exact) mass is 326 g/mol. The highest BCUT2D eigenvalue weighted by atomic mass is 79.9. The molecule has 19 heavy (non-hydrogen) atoms. The topological polar surface area (TPSA) is 85.5 Å². The molecular formula is C12H11BrN2O4. The number of aromatic carboxylic acids is 1. The average molecular weight is 327 g/mol. The van der Waals surface area contributed by atoms with E-state index < -0.39 is 5.97 Å². The molecule has 2 rings (SSSR count). The lowest BCUT2D eigenvalue weighted by Gasteiger charge is -2.06. The van der Waals surface area contributed by atoms with Crippen molar-refractivity contribution in [2.45, 2.75) is 20.0 Å². The minimum atomic E-state index is -1.01. The molecule has 0 amide bonds. The molecule has 0 fully saturated rings. The van der Waals surface area contributed by atoms with Crippen LogP contribution in [0, 0.1) is 0 Å².